The molecule has 0 aliphatic rings. The Morgan fingerprint density at radius 3 is 2.18 bits per heavy atom. The van der Waals surface area contributed by atoms with E-state index in [1.807, 2.05) is 67.6 Å². The standard InChI is InChI=1S/C26H37N3O4S.C10H12N2O2.C3H8/c1-19(32-3)13-23(27)18-28-26(30)22-14-21(15-24(17-22)29(2)34(5)31)10-7-6-9-20-11-8-12-25(16-20)33-4;13-8-11-7-10(14)12-6-9-4-2-1-3-5-9;1-3-2/h6-8,11-12,14-17,19,23H,9-10,13,18,27H2,1-5H3,(H,28,30);1-5,8H,6-7H2,(H,11,13)(H,12,14);3H2,1-2H3/b7-6+;;. The van der Waals surface area contributed by atoms with Crippen molar-refractivity contribution in [1.82, 2.24) is 16.0 Å². The molecule has 3 rings (SSSR count). The molecular formula is C39H57N5O6S. The van der Waals surface area contributed by atoms with E-state index in [1.165, 1.54) is 6.42 Å². The largest absolute Gasteiger partial charge is 0.497 e. The van der Waals surface area contributed by atoms with E-state index >= 15 is 0 Å². The molecule has 3 atom stereocenters. The van der Waals surface area contributed by atoms with Gasteiger partial charge in [0.05, 0.1) is 19.8 Å². The fourth-order valence-corrected chi connectivity index (χ4v) is 4.82. The predicted molar refractivity (Wildman–Crippen MR) is 208 cm³/mol. The second-order valence-corrected chi connectivity index (χ2v) is 13.2. The molecule has 51 heavy (non-hydrogen) atoms. The molecule has 0 bridgehead atoms. The molecule has 280 valence electrons. The molecule has 0 spiro atoms. The third kappa shape index (κ3) is 19.5. The lowest BCUT2D eigenvalue weighted by molar-refractivity contribution is -0.122. The summed E-state index contributed by atoms with van der Waals surface area (Å²) in [6.45, 7) is 7.05. The van der Waals surface area contributed by atoms with Crippen molar-refractivity contribution < 1.29 is 28.1 Å². The van der Waals surface area contributed by atoms with Gasteiger partial charge in [-0.3, -0.25) is 18.7 Å². The molecule has 0 saturated carbocycles. The Morgan fingerprint density at radius 2 is 1.57 bits per heavy atom. The molecule has 11 nitrogen and oxygen atoms in total. The van der Waals surface area contributed by atoms with Crippen molar-refractivity contribution in [2.45, 2.75) is 65.1 Å². The van der Waals surface area contributed by atoms with Gasteiger partial charge in [0.1, 0.15) is 16.7 Å². The van der Waals surface area contributed by atoms with E-state index in [0.29, 0.717) is 37.9 Å². The zero-order valence-corrected chi connectivity index (χ0v) is 32.0. The molecule has 12 heteroatoms. The number of amides is 3. The minimum Gasteiger partial charge on any atom is -0.497 e. The highest BCUT2D eigenvalue weighted by atomic mass is 32.2. The molecule has 0 aliphatic carbocycles. The van der Waals surface area contributed by atoms with Crippen LogP contribution in [0.2, 0.25) is 0 Å². The number of carbonyl (C=O) groups is 3. The zero-order valence-electron chi connectivity index (χ0n) is 31.1. The van der Waals surface area contributed by atoms with Gasteiger partial charge < -0.3 is 31.2 Å². The van der Waals surface area contributed by atoms with Crippen LogP contribution in [-0.4, -0.2) is 75.2 Å². The molecule has 3 amide bonds. The van der Waals surface area contributed by atoms with Crippen molar-refractivity contribution in [1.29, 1.82) is 0 Å². The van der Waals surface area contributed by atoms with Gasteiger partial charge in [-0.25, -0.2) is 4.21 Å². The minimum atomic E-state index is -1.21. The molecular weight excluding hydrogens is 667 g/mol. The summed E-state index contributed by atoms with van der Waals surface area (Å²) in [4.78, 5) is 33.8. The number of ether oxygens (including phenoxy) is 2. The molecule has 3 aromatic carbocycles. The van der Waals surface area contributed by atoms with Crippen LogP contribution in [0.1, 0.15) is 60.7 Å². The lowest BCUT2D eigenvalue weighted by Gasteiger charge is -2.19. The number of nitrogens with two attached hydrogens (primary N) is 1. The maximum absolute atomic E-state index is 12.9. The van der Waals surface area contributed by atoms with Crippen LogP contribution >= 0.6 is 0 Å². The molecule has 0 fully saturated rings. The smallest absolute Gasteiger partial charge is 0.251 e. The lowest BCUT2D eigenvalue weighted by Crippen LogP contribution is -2.39. The summed E-state index contributed by atoms with van der Waals surface area (Å²) in [5, 5.41) is 7.87. The first kappa shape index (κ1) is 44.5. The average molecular weight is 724 g/mol. The summed E-state index contributed by atoms with van der Waals surface area (Å²) in [7, 11) is 3.84. The zero-order chi connectivity index (χ0) is 38.0. The van der Waals surface area contributed by atoms with Gasteiger partial charge in [0.25, 0.3) is 5.91 Å². The summed E-state index contributed by atoms with van der Waals surface area (Å²) in [6.07, 6.45) is 9.63. The summed E-state index contributed by atoms with van der Waals surface area (Å²) < 4.78 is 24.2. The second kappa shape index (κ2) is 26.3. The third-order valence-corrected chi connectivity index (χ3v) is 8.22. The summed E-state index contributed by atoms with van der Waals surface area (Å²) in [6, 6.07) is 22.9. The van der Waals surface area contributed by atoms with E-state index in [4.69, 9.17) is 15.2 Å². The van der Waals surface area contributed by atoms with Gasteiger partial charge in [0, 0.05) is 50.8 Å². The van der Waals surface area contributed by atoms with Crippen LogP contribution in [0.25, 0.3) is 0 Å². The molecule has 0 heterocycles. The van der Waals surface area contributed by atoms with E-state index in [-0.39, 0.29) is 30.5 Å². The Bertz CT molecular complexity index is 1500. The van der Waals surface area contributed by atoms with Gasteiger partial charge in [0.15, 0.2) is 0 Å². The third-order valence-electron chi connectivity index (χ3n) is 7.24. The van der Waals surface area contributed by atoms with E-state index in [9.17, 15) is 18.6 Å². The molecule has 5 N–H and O–H groups in total. The monoisotopic (exact) mass is 723 g/mol. The first-order valence-corrected chi connectivity index (χ1v) is 18.5. The van der Waals surface area contributed by atoms with Crippen LogP contribution in [0.5, 0.6) is 5.75 Å². The molecule has 0 aliphatic heterocycles. The Morgan fingerprint density at radius 1 is 0.922 bits per heavy atom. The topological polar surface area (TPSA) is 152 Å². The SMILES string of the molecule is CCC.COc1cccc(C/C=C/Cc2cc(C(=O)NCC(N)CC(C)OC)cc(N(C)S(C)=O)c2)c1.O=CNCC(=O)NCc1ccccc1. The average Bonchev–Trinajstić information content (AvgIpc) is 3.14. The quantitative estimate of drug-likeness (QED) is 0.110. The van der Waals surface area contributed by atoms with Crippen molar-refractivity contribution in [3.8, 4) is 5.75 Å². The van der Waals surface area contributed by atoms with Crippen molar-refractivity contribution >= 4 is 34.9 Å². The van der Waals surface area contributed by atoms with Gasteiger partial charge in [-0.1, -0.05) is 74.9 Å². The van der Waals surface area contributed by atoms with Crippen molar-refractivity contribution in [3.63, 3.8) is 0 Å². The minimum absolute atomic E-state index is 0.0241. The van der Waals surface area contributed by atoms with E-state index in [0.717, 1.165) is 34.5 Å². The van der Waals surface area contributed by atoms with Crippen molar-refractivity contribution in [3.05, 3.63) is 107 Å². The Kier molecular flexibility index (Phi) is 23.0. The number of rotatable bonds is 18. The van der Waals surface area contributed by atoms with Crippen LogP contribution in [-0.2, 0) is 44.7 Å². The van der Waals surface area contributed by atoms with Gasteiger partial charge in [-0.15, -0.1) is 0 Å². The number of nitrogens with one attached hydrogen (secondary N) is 3. The van der Waals surface area contributed by atoms with Crippen LogP contribution in [0.15, 0.2) is 84.9 Å². The van der Waals surface area contributed by atoms with Crippen LogP contribution in [0.3, 0.4) is 0 Å². The normalized spacial score (nSPS) is 12.2. The number of allylic oxidation sites excluding steroid dienone is 2. The number of carbonyl (C=O) groups excluding carboxylic acids is 3. The summed E-state index contributed by atoms with van der Waals surface area (Å²) in [5.41, 5.74) is 10.5. The first-order chi connectivity index (χ1) is 24.5. The van der Waals surface area contributed by atoms with Gasteiger partial charge in [-0.05, 0) is 73.2 Å². The van der Waals surface area contributed by atoms with E-state index in [2.05, 4.69) is 48.0 Å². The predicted octanol–water partition coefficient (Wildman–Crippen LogP) is 4.71. The van der Waals surface area contributed by atoms with Crippen LogP contribution < -0.4 is 30.7 Å². The maximum atomic E-state index is 12.9. The Balaban J connectivity index is 0.000000632. The Labute approximate surface area is 307 Å². The number of anilines is 1. The van der Waals surface area contributed by atoms with Crippen molar-refractivity contribution in [2.24, 2.45) is 5.73 Å². The van der Waals surface area contributed by atoms with Gasteiger partial charge >= 0.3 is 0 Å². The number of nitrogens with zero attached hydrogens (tertiary/aromatic N) is 1. The second-order valence-electron chi connectivity index (χ2n) is 11.8. The molecule has 0 aromatic heterocycles. The summed E-state index contributed by atoms with van der Waals surface area (Å²) in [5.74, 6) is 0.432. The van der Waals surface area contributed by atoms with Gasteiger partial charge in [-0.2, -0.15) is 0 Å². The number of benzene rings is 3. The highest BCUT2D eigenvalue weighted by Gasteiger charge is 2.14. The number of hydrogen-bond acceptors (Lipinski definition) is 7. The van der Waals surface area contributed by atoms with Crippen LogP contribution in [0, 0.1) is 0 Å². The molecule has 3 aromatic rings. The van der Waals surface area contributed by atoms with Crippen molar-refractivity contribution in [2.75, 3.05) is 44.9 Å². The maximum Gasteiger partial charge on any atom is 0.251 e. The molecule has 3 unspecified atom stereocenters. The fourth-order valence-electron chi connectivity index (χ4n) is 4.42. The van der Waals surface area contributed by atoms with E-state index < -0.39 is 11.0 Å². The number of hydrogen-bond donors (Lipinski definition) is 4. The highest BCUT2D eigenvalue weighted by Crippen LogP contribution is 2.21. The van der Waals surface area contributed by atoms with Crippen LogP contribution in [0.4, 0.5) is 5.69 Å². The van der Waals surface area contributed by atoms with E-state index in [1.54, 1.807) is 37.9 Å². The highest BCUT2D eigenvalue weighted by molar-refractivity contribution is 7.85. The number of methoxy groups -OCH3 is 2. The van der Waals surface area contributed by atoms with Gasteiger partial charge in [0.2, 0.25) is 12.3 Å². The molecule has 0 saturated heterocycles. The summed E-state index contributed by atoms with van der Waals surface area (Å²) >= 11 is 0. The Hall–Kier alpha value is -4.52. The lowest BCUT2D eigenvalue weighted by atomic mass is 10.0. The molecule has 0 radical (unpaired) electrons. The fraction of sp³-hybridized carbons (Fsp3) is 0.410. The first-order valence-electron chi connectivity index (χ1n) is 17.0.